The molecule has 7 heteroatoms. The van der Waals surface area contributed by atoms with Crippen LogP contribution in [0.15, 0.2) is 12.4 Å². The van der Waals surface area contributed by atoms with E-state index in [-0.39, 0.29) is 11.4 Å². The third-order valence-corrected chi connectivity index (χ3v) is 3.95. The lowest BCUT2D eigenvalue weighted by Crippen LogP contribution is -2.47. The average Bonchev–Trinajstić information content (AvgIpc) is 2.46. The van der Waals surface area contributed by atoms with E-state index < -0.39 is 0 Å². The van der Waals surface area contributed by atoms with Crippen molar-refractivity contribution in [3.8, 4) is 0 Å². The number of amides is 1. The zero-order valence-electron chi connectivity index (χ0n) is 14.1. The minimum absolute atomic E-state index is 0.101. The molecule has 0 atom stereocenters. The summed E-state index contributed by atoms with van der Waals surface area (Å²) in [6.07, 6.45) is 5.33. The van der Waals surface area contributed by atoms with E-state index in [4.69, 9.17) is 11.6 Å². The summed E-state index contributed by atoms with van der Waals surface area (Å²) in [6.45, 7) is 9.24. The first-order chi connectivity index (χ1) is 10.8. The number of likely N-dealkylation sites (tertiary alicyclic amines) is 1. The lowest BCUT2D eigenvalue weighted by atomic mass is 9.97. The first kappa shape index (κ1) is 17.9. The van der Waals surface area contributed by atoms with Crippen LogP contribution in [0.3, 0.4) is 0 Å². The van der Waals surface area contributed by atoms with E-state index in [0.717, 1.165) is 32.5 Å². The molecule has 1 amide bonds. The molecule has 0 unspecified atom stereocenters. The first-order valence-electron chi connectivity index (χ1n) is 8.06. The number of anilines is 1. The summed E-state index contributed by atoms with van der Waals surface area (Å²) < 4.78 is 0. The number of hydrogen-bond donors (Lipinski definition) is 2. The van der Waals surface area contributed by atoms with Crippen LogP contribution in [0, 0.1) is 5.92 Å². The summed E-state index contributed by atoms with van der Waals surface area (Å²) in [5.41, 5.74) is -0.169. The van der Waals surface area contributed by atoms with Crippen molar-refractivity contribution in [2.75, 3.05) is 31.5 Å². The fourth-order valence-electron chi connectivity index (χ4n) is 2.65. The molecular weight excluding hydrogens is 314 g/mol. The highest BCUT2D eigenvalue weighted by molar-refractivity contribution is 6.30. The number of hydrogen-bond acceptors (Lipinski definition) is 5. The van der Waals surface area contributed by atoms with Gasteiger partial charge in [0.1, 0.15) is 0 Å². The Balaban J connectivity index is 1.67. The van der Waals surface area contributed by atoms with Gasteiger partial charge >= 0.3 is 0 Å². The molecule has 1 aliphatic heterocycles. The van der Waals surface area contributed by atoms with Gasteiger partial charge in [-0.3, -0.25) is 9.69 Å². The Bertz CT molecular complexity index is 506. The summed E-state index contributed by atoms with van der Waals surface area (Å²) in [5, 5.41) is 6.80. The fraction of sp³-hybridized carbons (Fsp3) is 0.688. The molecule has 1 fully saturated rings. The van der Waals surface area contributed by atoms with E-state index in [2.05, 4.69) is 25.5 Å². The molecule has 0 saturated carbocycles. The van der Waals surface area contributed by atoms with Crippen LogP contribution in [-0.4, -0.2) is 52.5 Å². The standard InChI is InChI=1S/C16H26ClN5O/c1-16(2,3)21-14(23)11-22-6-4-12(5-7-22)8-18-15-19-9-13(17)10-20-15/h9-10,12H,4-8,11H2,1-3H3,(H,21,23)(H,18,19,20). The molecular formula is C16H26ClN5O. The van der Waals surface area contributed by atoms with Gasteiger partial charge in [-0.2, -0.15) is 0 Å². The van der Waals surface area contributed by atoms with Gasteiger partial charge in [0.25, 0.3) is 0 Å². The SMILES string of the molecule is CC(C)(C)NC(=O)CN1CCC(CNc2ncc(Cl)cn2)CC1. The van der Waals surface area contributed by atoms with Crippen LogP contribution in [0.2, 0.25) is 5.02 Å². The molecule has 1 saturated heterocycles. The van der Waals surface area contributed by atoms with Gasteiger partial charge in [-0.15, -0.1) is 0 Å². The maximum atomic E-state index is 12.0. The second-order valence-corrected chi connectivity index (χ2v) is 7.56. The predicted octanol–water partition coefficient (Wildman–Crippen LogP) is 2.17. The van der Waals surface area contributed by atoms with Crippen LogP contribution in [0.5, 0.6) is 0 Å². The summed E-state index contributed by atoms with van der Waals surface area (Å²) in [4.78, 5) is 22.4. The van der Waals surface area contributed by atoms with Crippen LogP contribution in [0.1, 0.15) is 33.6 Å². The number of carbonyl (C=O) groups excluding carboxylic acids is 1. The molecule has 128 valence electrons. The number of nitrogens with zero attached hydrogens (tertiary/aromatic N) is 3. The zero-order chi connectivity index (χ0) is 16.9. The van der Waals surface area contributed by atoms with E-state index in [9.17, 15) is 4.79 Å². The van der Waals surface area contributed by atoms with Crippen molar-refractivity contribution in [1.82, 2.24) is 20.2 Å². The third-order valence-electron chi connectivity index (χ3n) is 3.76. The second-order valence-electron chi connectivity index (χ2n) is 7.12. The van der Waals surface area contributed by atoms with Crippen molar-refractivity contribution in [2.24, 2.45) is 5.92 Å². The quantitative estimate of drug-likeness (QED) is 0.860. The molecule has 0 aromatic carbocycles. The monoisotopic (exact) mass is 339 g/mol. The van der Waals surface area contributed by atoms with E-state index in [0.29, 0.717) is 23.4 Å². The van der Waals surface area contributed by atoms with Crippen LogP contribution in [0.4, 0.5) is 5.95 Å². The van der Waals surface area contributed by atoms with Crippen LogP contribution in [0.25, 0.3) is 0 Å². The van der Waals surface area contributed by atoms with Gasteiger partial charge in [0.15, 0.2) is 0 Å². The Morgan fingerprint density at radius 1 is 1.30 bits per heavy atom. The van der Waals surface area contributed by atoms with E-state index in [1.54, 1.807) is 12.4 Å². The molecule has 0 aliphatic carbocycles. The lowest BCUT2D eigenvalue weighted by molar-refractivity contribution is -0.124. The zero-order valence-corrected chi connectivity index (χ0v) is 14.9. The van der Waals surface area contributed by atoms with Crippen LogP contribution >= 0.6 is 11.6 Å². The molecule has 2 N–H and O–H groups in total. The Morgan fingerprint density at radius 3 is 2.48 bits per heavy atom. The van der Waals surface area contributed by atoms with Gasteiger partial charge in [0.2, 0.25) is 11.9 Å². The van der Waals surface area contributed by atoms with Crippen molar-refractivity contribution >= 4 is 23.5 Å². The minimum atomic E-state index is -0.169. The number of rotatable bonds is 5. The maximum Gasteiger partial charge on any atom is 0.234 e. The van der Waals surface area contributed by atoms with Crippen molar-refractivity contribution < 1.29 is 4.79 Å². The molecule has 1 aromatic heterocycles. The normalized spacial score (nSPS) is 17.0. The van der Waals surface area contributed by atoms with E-state index >= 15 is 0 Å². The highest BCUT2D eigenvalue weighted by Crippen LogP contribution is 2.17. The van der Waals surface area contributed by atoms with Crippen molar-refractivity contribution in [3.63, 3.8) is 0 Å². The smallest absolute Gasteiger partial charge is 0.234 e. The largest absolute Gasteiger partial charge is 0.354 e. The summed E-state index contributed by atoms with van der Waals surface area (Å²) in [6, 6.07) is 0. The van der Waals surface area contributed by atoms with Crippen molar-refractivity contribution in [1.29, 1.82) is 0 Å². The fourth-order valence-corrected chi connectivity index (χ4v) is 2.75. The highest BCUT2D eigenvalue weighted by Gasteiger charge is 2.22. The number of carbonyl (C=O) groups is 1. The highest BCUT2D eigenvalue weighted by atomic mass is 35.5. The lowest BCUT2D eigenvalue weighted by Gasteiger charge is -2.32. The number of piperidine rings is 1. The topological polar surface area (TPSA) is 70.2 Å². The molecule has 2 heterocycles. The summed E-state index contributed by atoms with van der Waals surface area (Å²) in [7, 11) is 0. The minimum Gasteiger partial charge on any atom is -0.354 e. The molecule has 0 bridgehead atoms. The number of halogens is 1. The number of aromatic nitrogens is 2. The molecule has 2 rings (SSSR count). The molecule has 1 aliphatic rings. The van der Waals surface area contributed by atoms with Gasteiger partial charge in [0, 0.05) is 12.1 Å². The van der Waals surface area contributed by atoms with E-state index in [1.165, 1.54) is 0 Å². The van der Waals surface area contributed by atoms with Crippen LogP contribution < -0.4 is 10.6 Å². The summed E-state index contributed by atoms with van der Waals surface area (Å²) in [5.74, 6) is 1.29. The number of nitrogens with one attached hydrogen (secondary N) is 2. The van der Waals surface area contributed by atoms with Gasteiger partial charge in [-0.1, -0.05) is 11.6 Å². The first-order valence-corrected chi connectivity index (χ1v) is 8.44. The Labute approximate surface area is 143 Å². The van der Waals surface area contributed by atoms with E-state index in [1.807, 2.05) is 20.8 Å². The Kier molecular flexibility index (Phi) is 6.18. The Morgan fingerprint density at radius 2 is 1.91 bits per heavy atom. The van der Waals surface area contributed by atoms with Gasteiger partial charge in [-0.05, 0) is 52.6 Å². The second kappa shape index (κ2) is 7.93. The Hall–Kier alpha value is -1.40. The third kappa shape index (κ3) is 6.71. The van der Waals surface area contributed by atoms with Crippen LogP contribution in [-0.2, 0) is 4.79 Å². The molecule has 0 spiro atoms. The van der Waals surface area contributed by atoms with Gasteiger partial charge < -0.3 is 10.6 Å². The molecule has 6 nitrogen and oxygen atoms in total. The summed E-state index contributed by atoms with van der Waals surface area (Å²) >= 11 is 5.77. The molecule has 1 aromatic rings. The molecule has 23 heavy (non-hydrogen) atoms. The van der Waals surface area contributed by atoms with Crippen molar-refractivity contribution in [3.05, 3.63) is 17.4 Å². The van der Waals surface area contributed by atoms with Gasteiger partial charge in [0.05, 0.1) is 24.0 Å². The predicted molar refractivity (Wildman–Crippen MR) is 92.6 cm³/mol. The van der Waals surface area contributed by atoms with Crippen molar-refractivity contribution in [2.45, 2.75) is 39.2 Å². The molecule has 0 radical (unpaired) electrons. The van der Waals surface area contributed by atoms with Gasteiger partial charge in [-0.25, -0.2) is 9.97 Å². The maximum absolute atomic E-state index is 12.0. The average molecular weight is 340 g/mol.